The molecule has 0 aromatic heterocycles. The monoisotopic (exact) mass is 192 g/mol. The Bertz CT molecular complexity index is 338. The van der Waals surface area contributed by atoms with Crippen molar-refractivity contribution in [1.82, 2.24) is 0 Å². The molecule has 2 nitrogen and oxygen atoms in total. The summed E-state index contributed by atoms with van der Waals surface area (Å²) in [5, 5.41) is 0. The maximum atomic E-state index is 11.6. The van der Waals surface area contributed by atoms with Crippen LogP contribution in [0.25, 0.3) is 0 Å². The fraction of sp³-hybridized carbons (Fsp3) is 0.583. The molecule has 1 unspecified atom stereocenters. The molecule has 14 heavy (non-hydrogen) atoms. The lowest BCUT2D eigenvalue weighted by molar-refractivity contribution is -0.116. The first-order valence-corrected chi connectivity index (χ1v) is 5.13. The van der Waals surface area contributed by atoms with Gasteiger partial charge in [0.1, 0.15) is 11.4 Å². The standard InChI is InChI=1S/C12H16O2/c1-8(2)12(3)7-9-10(13)5-4-6-11(9)14-12/h1,4-7H2,2-3H3. The molecule has 2 aliphatic rings. The van der Waals surface area contributed by atoms with Gasteiger partial charge in [0.25, 0.3) is 0 Å². The number of carbonyl (C=O) groups excluding carboxylic acids is 1. The van der Waals surface area contributed by atoms with E-state index in [1.54, 1.807) is 0 Å². The van der Waals surface area contributed by atoms with Crippen LogP contribution in [0, 0.1) is 0 Å². The van der Waals surface area contributed by atoms with Crippen LogP contribution < -0.4 is 0 Å². The molecule has 1 aliphatic heterocycles. The largest absolute Gasteiger partial charge is 0.487 e. The molecule has 76 valence electrons. The Morgan fingerprint density at radius 1 is 1.50 bits per heavy atom. The lowest BCUT2D eigenvalue weighted by Gasteiger charge is -2.25. The van der Waals surface area contributed by atoms with Crippen molar-refractivity contribution in [2.45, 2.75) is 45.1 Å². The van der Waals surface area contributed by atoms with E-state index in [0.29, 0.717) is 6.42 Å². The van der Waals surface area contributed by atoms with Crippen LogP contribution in [0.5, 0.6) is 0 Å². The highest BCUT2D eigenvalue weighted by molar-refractivity contribution is 5.97. The summed E-state index contributed by atoms with van der Waals surface area (Å²) in [6.07, 6.45) is 3.26. The van der Waals surface area contributed by atoms with Gasteiger partial charge < -0.3 is 4.74 Å². The molecule has 1 aliphatic carbocycles. The summed E-state index contributed by atoms with van der Waals surface area (Å²) in [4.78, 5) is 11.6. The third kappa shape index (κ3) is 1.29. The number of ketones is 1. The summed E-state index contributed by atoms with van der Waals surface area (Å²) in [5.41, 5.74) is 1.59. The number of rotatable bonds is 1. The number of ether oxygens (including phenoxy) is 1. The summed E-state index contributed by atoms with van der Waals surface area (Å²) in [6.45, 7) is 7.90. The van der Waals surface area contributed by atoms with Gasteiger partial charge in [-0.3, -0.25) is 4.79 Å². The Kier molecular flexibility index (Phi) is 2.02. The van der Waals surface area contributed by atoms with Crippen molar-refractivity contribution in [3.63, 3.8) is 0 Å². The van der Waals surface area contributed by atoms with E-state index in [1.807, 2.05) is 13.8 Å². The molecule has 0 bridgehead atoms. The number of carbonyl (C=O) groups is 1. The van der Waals surface area contributed by atoms with Crippen LogP contribution in [0.1, 0.15) is 39.5 Å². The summed E-state index contributed by atoms with van der Waals surface area (Å²) in [6, 6.07) is 0. The molecule has 0 aromatic carbocycles. The van der Waals surface area contributed by atoms with Gasteiger partial charge in [-0.15, -0.1) is 0 Å². The van der Waals surface area contributed by atoms with Crippen molar-refractivity contribution >= 4 is 5.78 Å². The van der Waals surface area contributed by atoms with Crippen LogP contribution in [-0.4, -0.2) is 11.4 Å². The summed E-state index contributed by atoms with van der Waals surface area (Å²) in [7, 11) is 0. The zero-order chi connectivity index (χ0) is 10.3. The van der Waals surface area contributed by atoms with E-state index in [9.17, 15) is 4.79 Å². The first-order chi connectivity index (χ1) is 6.53. The van der Waals surface area contributed by atoms with Gasteiger partial charge in [-0.1, -0.05) is 6.58 Å². The van der Waals surface area contributed by atoms with Gasteiger partial charge in [0.15, 0.2) is 5.78 Å². The average molecular weight is 192 g/mol. The van der Waals surface area contributed by atoms with Crippen molar-refractivity contribution in [2.75, 3.05) is 0 Å². The predicted molar refractivity (Wildman–Crippen MR) is 54.8 cm³/mol. The smallest absolute Gasteiger partial charge is 0.162 e. The molecule has 0 saturated heterocycles. The molecule has 1 atom stereocenters. The molecule has 0 saturated carbocycles. The fourth-order valence-electron chi connectivity index (χ4n) is 2.06. The van der Waals surface area contributed by atoms with Gasteiger partial charge >= 0.3 is 0 Å². The topological polar surface area (TPSA) is 26.3 Å². The zero-order valence-corrected chi connectivity index (χ0v) is 8.85. The Hall–Kier alpha value is -1.05. The second kappa shape index (κ2) is 2.97. The normalized spacial score (nSPS) is 31.4. The van der Waals surface area contributed by atoms with Crippen LogP contribution in [0.2, 0.25) is 0 Å². The molecule has 0 aromatic rings. The summed E-state index contributed by atoms with van der Waals surface area (Å²) >= 11 is 0. The van der Waals surface area contributed by atoms with Crippen LogP contribution in [-0.2, 0) is 9.53 Å². The van der Waals surface area contributed by atoms with Gasteiger partial charge in [-0.05, 0) is 25.8 Å². The number of hydrogen-bond acceptors (Lipinski definition) is 2. The van der Waals surface area contributed by atoms with E-state index in [-0.39, 0.29) is 11.4 Å². The van der Waals surface area contributed by atoms with E-state index in [0.717, 1.165) is 36.2 Å². The first-order valence-electron chi connectivity index (χ1n) is 5.13. The van der Waals surface area contributed by atoms with Gasteiger partial charge in [0, 0.05) is 24.8 Å². The van der Waals surface area contributed by atoms with Gasteiger partial charge in [-0.2, -0.15) is 0 Å². The van der Waals surface area contributed by atoms with E-state index in [1.165, 1.54) is 0 Å². The number of Topliss-reactive ketones (excluding diaryl/α,β-unsaturated/α-hetero) is 1. The maximum Gasteiger partial charge on any atom is 0.162 e. The van der Waals surface area contributed by atoms with Crippen molar-refractivity contribution in [2.24, 2.45) is 0 Å². The Labute approximate surface area is 84.6 Å². The summed E-state index contributed by atoms with van der Waals surface area (Å²) < 4.78 is 5.84. The maximum absolute atomic E-state index is 11.6. The van der Waals surface area contributed by atoms with Crippen LogP contribution >= 0.6 is 0 Å². The minimum Gasteiger partial charge on any atom is -0.487 e. The van der Waals surface area contributed by atoms with Crippen molar-refractivity contribution in [3.8, 4) is 0 Å². The zero-order valence-electron chi connectivity index (χ0n) is 8.85. The Morgan fingerprint density at radius 2 is 2.21 bits per heavy atom. The van der Waals surface area contributed by atoms with Crippen LogP contribution in [0.3, 0.4) is 0 Å². The average Bonchev–Trinajstić information content (AvgIpc) is 2.45. The molecule has 0 N–H and O–H groups in total. The highest BCUT2D eigenvalue weighted by Gasteiger charge is 2.40. The third-order valence-electron chi connectivity index (χ3n) is 3.25. The molecule has 2 rings (SSSR count). The minimum atomic E-state index is -0.329. The SMILES string of the molecule is C=C(C)C1(C)CC2=C(CCCC2=O)O1. The predicted octanol–water partition coefficient (Wildman–Crippen LogP) is 2.75. The molecule has 0 radical (unpaired) electrons. The number of hydrogen-bond donors (Lipinski definition) is 0. The van der Waals surface area contributed by atoms with Crippen molar-refractivity contribution < 1.29 is 9.53 Å². The second-order valence-electron chi connectivity index (χ2n) is 4.47. The first kappa shape index (κ1) is 9.50. The molecular weight excluding hydrogens is 176 g/mol. The van der Waals surface area contributed by atoms with E-state index in [2.05, 4.69) is 6.58 Å². The lowest BCUT2D eigenvalue weighted by Crippen LogP contribution is -2.25. The Morgan fingerprint density at radius 3 is 2.79 bits per heavy atom. The molecule has 0 spiro atoms. The molecule has 1 heterocycles. The van der Waals surface area contributed by atoms with E-state index < -0.39 is 0 Å². The van der Waals surface area contributed by atoms with Crippen LogP contribution in [0.15, 0.2) is 23.5 Å². The van der Waals surface area contributed by atoms with E-state index >= 15 is 0 Å². The van der Waals surface area contributed by atoms with Gasteiger partial charge in [0.05, 0.1) is 0 Å². The third-order valence-corrected chi connectivity index (χ3v) is 3.25. The van der Waals surface area contributed by atoms with Crippen molar-refractivity contribution in [1.29, 1.82) is 0 Å². The van der Waals surface area contributed by atoms with Gasteiger partial charge in [0.2, 0.25) is 0 Å². The quantitative estimate of drug-likeness (QED) is 0.597. The Balaban J connectivity index is 2.27. The minimum absolute atomic E-state index is 0.274. The fourth-order valence-corrected chi connectivity index (χ4v) is 2.06. The molecule has 0 fully saturated rings. The molecular formula is C12H16O2. The van der Waals surface area contributed by atoms with Crippen molar-refractivity contribution in [3.05, 3.63) is 23.5 Å². The van der Waals surface area contributed by atoms with E-state index in [4.69, 9.17) is 4.74 Å². The second-order valence-corrected chi connectivity index (χ2v) is 4.47. The highest BCUT2D eigenvalue weighted by Crippen LogP contribution is 2.42. The van der Waals surface area contributed by atoms with Gasteiger partial charge in [-0.25, -0.2) is 0 Å². The summed E-state index contributed by atoms with van der Waals surface area (Å²) in [5.74, 6) is 1.20. The molecule has 2 heteroatoms. The molecule has 0 amide bonds. The number of allylic oxidation sites excluding steroid dienone is 1. The highest BCUT2D eigenvalue weighted by atomic mass is 16.5. The lowest BCUT2D eigenvalue weighted by atomic mass is 9.88. The van der Waals surface area contributed by atoms with Crippen LogP contribution in [0.4, 0.5) is 0 Å².